The summed E-state index contributed by atoms with van der Waals surface area (Å²) in [7, 11) is -3.72. The van der Waals surface area contributed by atoms with E-state index in [9.17, 15) is 8.42 Å². The Morgan fingerprint density at radius 1 is 1.16 bits per heavy atom. The Kier molecular flexibility index (Phi) is 3.43. The summed E-state index contributed by atoms with van der Waals surface area (Å²) in [5.41, 5.74) is 3.95. The van der Waals surface area contributed by atoms with Gasteiger partial charge in [-0.05, 0) is 38.0 Å². The third kappa shape index (κ3) is 2.26. The van der Waals surface area contributed by atoms with Crippen LogP contribution < -0.4 is 0 Å². The van der Waals surface area contributed by atoms with Crippen molar-refractivity contribution in [2.24, 2.45) is 0 Å². The van der Waals surface area contributed by atoms with Gasteiger partial charge in [-0.1, -0.05) is 24.6 Å². The predicted octanol–water partition coefficient (Wildman–Crippen LogP) is 3.33. The van der Waals surface area contributed by atoms with E-state index in [1.807, 2.05) is 20.8 Å². The van der Waals surface area contributed by atoms with Crippen molar-refractivity contribution in [3.8, 4) is 0 Å². The van der Waals surface area contributed by atoms with Gasteiger partial charge in [-0.2, -0.15) is 5.10 Å². The number of nitrogens with one attached hydrogen (secondary N) is 1. The molecule has 0 radical (unpaired) electrons. The second-order valence-corrected chi connectivity index (χ2v) is 7.99. The Hall–Kier alpha value is -2.67. The van der Waals surface area contributed by atoms with Crippen LogP contribution in [0, 0.1) is 13.8 Å². The molecule has 4 rings (SSSR count). The maximum absolute atomic E-state index is 13.2. The largest absolute Gasteiger partial charge is 0.277 e. The van der Waals surface area contributed by atoms with Gasteiger partial charge in [0.1, 0.15) is 0 Å². The fraction of sp³-hybridized carbons (Fsp3) is 0.222. The molecular weight excluding hydrogens is 336 g/mol. The number of aromatic nitrogens is 4. The SMILES string of the molecule is CCc1cn(S(=O)(=O)c2ccc(C)cc2)c2nc(C)c3cn[nH]c3c12. The molecule has 0 atom stereocenters. The highest BCUT2D eigenvalue weighted by molar-refractivity contribution is 7.90. The number of nitrogens with zero attached hydrogens (tertiary/aromatic N) is 3. The first-order valence-corrected chi connectivity index (χ1v) is 9.53. The van der Waals surface area contributed by atoms with Gasteiger partial charge in [0.15, 0.2) is 5.65 Å². The van der Waals surface area contributed by atoms with E-state index in [-0.39, 0.29) is 4.90 Å². The third-order valence-electron chi connectivity index (χ3n) is 4.54. The molecule has 1 N–H and O–H groups in total. The number of benzene rings is 1. The number of aromatic amines is 1. The van der Waals surface area contributed by atoms with Gasteiger partial charge < -0.3 is 0 Å². The van der Waals surface area contributed by atoms with Gasteiger partial charge in [0.05, 0.1) is 22.3 Å². The topological polar surface area (TPSA) is 80.6 Å². The van der Waals surface area contributed by atoms with Crippen LogP contribution in [0.4, 0.5) is 0 Å². The molecule has 4 aromatic rings. The monoisotopic (exact) mass is 354 g/mol. The van der Waals surface area contributed by atoms with Crippen molar-refractivity contribution >= 4 is 32.0 Å². The fourth-order valence-corrected chi connectivity index (χ4v) is 4.48. The number of fused-ring (bicyclic) bond motifs is 3. The number of hydrogen-bond donors (Lipinski definition) is 1. The molecule has 128 valence electrons. The summed E-state index contributed by atoms with van der Waals surface area (Å²) in [5, 5.41) is 8.82. The second kappa shape index (κ2) is 5.42. The van der Waals surface area contributed by atoms with Crippen LogP contribution in [0.2, 0.25) is 0 Å². The molecule has 7 heteroatoms. The lowest BCUT2D eigenvalue weighted by atomic mass is 10.1. The molecule has 0 saturated carbocycles. The van der Waals surface area contributed by atoms with E-state index in [4.69, 9.17) is 0 Å². The minimum absolute atomic E-state index is 0.252. The second-order valence-electron chi connectivity index (χ2n) is 6.18. The minimum atomic E-state index is -3.72. The molecule has 0 saturated heterocycles. The van der Waals surface area contributed by atoms with Crippen LogP contribution in [0.1, 0.15) is 23.7 Å². The van der Waals surface area contributed by atoms with Crippen LogP contribution in [-0.4, -0.2) is 27.6 Å². The molecule has 0 aliphatic carbocycles. The van der Waals surface area contributed by atoms with Crippen LogP contribution in [0.25, 0.3) is 21.9 Å². The molecule has 0 amide bonds. The van der Waals surface area contributed by atoms with Gasteiger partial charge in [0.25, 0.3) is 10.0 Å². The average Bonchev–Trinajstić information content (AvgIpc) is 3.19. The molecule has 0 unspecified atom stereocenters. The third-order valence-corrected chi connectivity index (χ3v) is 6.20. The number of H-pyrrole nitrogens is 1. The van der Waals surface area contributed by atoms with Crippen molar-refractivity contribution in [1.29, 1.82) is 0 Å². The number of aryl methyl sites for hydroxylation is 3. The predicted molar refractivity (Wildman–Crippen MR) is 97.3 cm³/mol. The number of hydrogen-bond acceptors (Lipinski definition) is 4. The Balaban J connectivity index is 2.08. The summed E-state index contributed by atoms with van der Waals surface area (Å²) in [4.78, 5) is 4.83. The summed E-state index contributed by atoms with van der Waals surface area (Å²) in [6.45, 7) is 5.79. The summed E-state index contributed by atoms with van der Waals surface area (Å²) >= 11 is 0. The first-order valence-electron chi connectivity index (χ1n) is 8.09. The Morgan fingerprint density at radius 3 is 2.56 bits per heavy atom. The van der Waals surface area contributed by atoms with E-state index < -0.39 is 10.0 Å². The van der Waals surface area contributed by atoms with E-state index in [2.05, 4.69) is 15.2 Å². The maximum atomic E-state index is 13.2. The highest BCUT2D eigenvalue weighted by Crippen LogP contribution is 2.31. The molecule has 25 heavy (non-hydrogen) atoms. The van der Waals surface area contributed by atoms with Crippen molar-refractivity contribution in [3.63, 3.8) is 0 Å². The molecule has 3 heterocycles. The summed E-state index contributed by atoms with van der Waals surface area (Å²) in [6.07, 6.45) is 4.10. The zero-order chi connectivity index (χ0) is 17.8. The molecule has 0 fully saturated rings. The van der Waals surface area contributed by atoms with Gasteiger partial charge in [-0.3, -0.25) is 5.10 Å². The molecule has 1 aromatic carbocycles. The first-order chi connectivity index (χ1) is 11.9. The fourth-order valence-electron chi connectivity index (χ4n) is 3.14. The Bertz CT molecular complexity index is 1200. The molecule has 6 nitrogen and oxygen atoms in total. The Morgan fingerprint density at radius 2 is 1.88 bits per heavy atom. The molecule has 0 spiro atoms. The zero-order valence-corrected chi connectivity index (χ0v) is 15.1. The summed E-state index contributed by atoms with van der Waals surface area (Å²) in [6, 6.07) is 6.85. The van der Waals surface area contributed by atoms with Crippen LogP contribution in [0.3, 0.4) is 0 Å². The van der Waals surface area contributed by atoms with Crippen molar-refractivity contribution in [2.45, 2.75) is 32.1 Å². The molecule has 0 aliphatic heterocycles. The first kappa shape index (κ1) is 15.8. The van der Waals surface area contributed by atoms with Gasteiger partial charge >= 0.3 is 0 Å². The molecule has 0 bridgehead atoms. The van der Waals surface area contributed by atoms with Crippen LogP contribution in [-0.2, 0) is 16.4 Å². The molecule has 3 aromatic heterocycles. The lowest BCUT2D eigenvalue weighted by molar-refractivity contribution is 0.588. The summed E-state index contributed by atoms with van der Waals surface area (Å²) in [5.74, 6) is 0. The molecule has 0 aliphatic rings. The maximum Gasteiger partial charge on any atom is 0.269 e. The van der Waals surface area contributed by atoms with E-state index in [1.165, 1.54) is 3.97 Å². The van der Waals surface area contributed by atoms with Gasteiger partial charge in [0.2, 0.25) is 0 Å². The van der Waals surface area contributed by atoms with Crippen molar-refractivity contribution < 1.29 is 8.42 Å². The lowest BCUT2D eigenvalue weighted by Crippen LogP contribution is -2.12. The van der Waals surface area contributed by atoms with Crippen LogP contribution in [0.5, 0.6) is 0 Å². The zero-order valence-electron chi connectivity index (χ0n) is 14.2. The number of rotatable bonds is 3. The van der Waals surface area contributed by atoms with Gasteiger partial charge in [-0.15, -0.1) is 0 Å². The smallest absolute Gasteiger partial charge is 0.269 e. The minimum Gasteiger partial charge on any atom is -0.277 e. The standard InChI is InChI=1S/C18H18N4O2S/c1-4-13-10-22(25(23,24)14-7-5-11(2)6-8-14)18-16(13)17-15(9-19-21-17)12(3)20-18/h5-10H,4H2,1-3H3,(H,19,21). The van der Waals surface area contributed by atoms with Gasteiger partial charge in [-0.25, -0.2) is 17.4 Å². The summed E-state index contributed by atoms with van der Waals surface area (Å²) < 4.78 is 27.6. The van der Waals surface area contributed by atoms with Gasteiger partial charge in [0, 0.05) is 17.0 Å². The average molecular weight is 354 g/mol. The highest BCUT2D eigenvalue weighted by Gasteiger charge is 2.24. The number of pyridine rings is 1. The van der Waals surface area contributed by atoms with Crippen LogP contribution in [0.15, 0.2) is 41.6 Å². The Labute approximate surface area is 145 Å². The van der Waals surface area contributed by atoms with E-state index in [1.54, 1.807) is 36.7 Å². The van der Waals surface area contributed by atoms with E-state index >= 15 is 0 Å². The van der Waals surface area contributed by atoms with Crippen LogP contribution >= 0.6 is 0 Å². The van der Waals surface area contributed by atoms with E-state index in [0.29, 0.717) is 12.1 Å². The lowest BCUT2D eigenvalue weighted by Gasteiger charge is -2.08. The van der Waals surface area contributed by atoms with Crippen molar-refractivity contribution in [3.05, 3.63) is 53.5 Å². The molecular formula is C18H18N4O2S. The highest BCUT2D eigenvalue weighted by atomic mass is 32.2. The van der Waals surface area contributed by atoms with Crippen molar-refractivity contribution in [2.75, 3.05) is 0 Å². The van der Waals surface area contributed by atoms with E-state index in [0.717, 1.165) is 33.1 Å². The normalized spacial score (nSPS) is 12.3. The quantitative estimate of drug-likeness (QED) is 0.612. The van der Waals surface area contributed by atoms with Crippen molar-refractivity contribution in [1.82, 2.24) is 19.2 Å².